The van der Waals surface area contributed by atoms with Crippen molar-refractivity contribution in [1.29, 1.82) is 0 Å². The Bertz CT molecular complexity index is 871. The average Bonchev–Trinajstić information content (AvgIpc) is 3.15. The molecule has 0 atom stereocenters. The molecule has 0 saturated carbocycles. The minimum absolute atomic E-state index is 0.0407. The van der Waals surface area contributed by atoms with Gasteiger partial charge in [0.05, 0.1) is 12.3 Å². The zero-order valence-corrected chi connectivity index (χ0v) is 18.1. The number of hydrogen-bond donors (Lipinski definition) is 5. The van der Waals surface area contributed by atoms with Gasteiger partial charge < -0.3 is 26.6 Å². The van der Waals surface area contributed by atoms with Gasteiger partial charge >= 0.3 is 0 Å². The van der Waals surface area contributed by atoms with Crippen LogP contribution in [-0.4, -0.2) is 50.4 Å². The number of hydrogen-bond acceptors (Lipinski definition) is 5. The lowest BCUT2D eigenvalue weighted by molar-refractivity contribution is -0.115. The molecule has 2 aliphatic rings. The molecule has 2 amide bonds. The van der Waals surface area contributed by atoms with Crippen molar-refractivity contribution in [2.45, 2.75) is 26.2 Å². The number of benzene rings is 1. The van der Waals surface area contributed by atoms with Crippen molar-refractivity contribution in [2.24, 2.45) is 10.9 Å². The highest BCUT2D eigenvalue weighted by atomic mass is 16.2. The Hall–Kier alpha value is -3.13. The molecule has 31 heavy (non-hydrogen) atoms. The summed E-state index contributed by atoms with van der Waals surface area (Å²) >= 11 is 0. The predicted octanol–water partition coefficient (Wildman–Crippen LogP) is 1.54. The lowest BCUT2D eigenvalue weighted by Gasteiger charge is -2.20. The molecular formula is C23H32N6O2. The normalized spacial score (nSPS) is 16.7. The molecule has 1 aromatic carbocycles. The maximum Gasteiger partial charge on any atom is 0.251 e. The van der Waals surface area contributed by atoms with Gasteiger partial charge in [-0.05, 0) is 68.6 Å². The van der Waals surface area contributed by atoms with E-state index in [2.05, 4.69) is 38.2 Å². The van der Waals surface area contributed by atoms with Crippen LogP contribution in [0.1, 0.15) is 35.7 Å². The molecule has 1 aromatic rings. The van der Waals surface area contributed by atoms with Crippen LogP contribution in [0.25, 0.3) is 0 Å². The van der Waals surface area contributed by atoms with Gasteiger partial charge in [0, 0.05) is 42.8 Å². The maximum absolute atomic E-state index is 12.3. The fourth-order valence-corrected chi connectivity index (χ4v) is 3.57. The highest BCUT2D eigenvalue weighted by molar-refractivity contribution is 6.01. The van der Waals surface area contributed by atoms with Crippen LogP contribution in [0.5, 0.6) is 0 Å². The largest absolute Gasteiger partial charge is 0.384 e. The smallest absolute Gasteiger partial charge is 0.251 e. The van der Waals surface area contributed by atoms with Crippen LogP contribution in [-0.2, 0) is 11.2 Å². The second-order valence-electron chi connectivity index (χ2n) is 7.90. The first kappa shape index (κ1) is 22.6. The van der Waals surface area contributed by atoms with Crippen molar-refractivity contribution in [3.05, 3.63) is 53.9 Å². The molecule has 8 nitrogen and oxygen atoms in total. The number of amides is 2. The second-order valence-corrected chi connectivity index (χ2v) is 7.90. The average molecular weight is 425 g/mol. The van der Waals surface area contributed by atoms with Crippen molar-refractivity contribution in [1.82, 2.24) is 21.3 Å². The molecule has 8 heteroatoms. The summed E-state index contributed by atoms with van der Waals surface area (Å²) in [6, 6.07) is 5.25. The number of carbonyl (C=O) groups excluding carboxylic acids is 2. The van der Waals surface area contributed by atoms with E-state index in [4.69, 9.17) is 0 Å². The predicted molar refractivity (Wildman–Crippen MR) is 124 cm³/mol. The number of fused-ring (bicyclic) bond motifs is 1. The van der Waals surface area contributed by atoms with Crippen LogP contribution in [0.3, 0.4) is 0 Å². The molecular weight excluding hydrogens is 392 g/mol. The highest BCUT2D eigenvalue weighted by Crippen LogP contribution is 2.23. The third kappa shape index (κ3) is 7.25. The van der Waals surface area contributed by atoms with E-state index in [1.807, 2.05) is 19.2 Å². The van der Waals surface area contributed by atoms with Gasteiger partial charge in [-0.2, -0.15) is 0 Å². The number of anilines is 1. The van der Waals surface area contributed by atoms with Crippen LogP contribution in [0, 0.1) is 5.92 Å². The molecule has 1 fully saturated rings. The summed E-state index contributed by atoms with van der Waals surface area (Å²) in [4.78, 5) is 28.3. The lowest BCUT2D eigenvalue weighted by Crippen LogP contribution is -2.31. The van der Waals surface area contributed by atoms with Gasteiger partial charge in [0.25, 0.3) is 5.91 Å². The zero-order valence-electron chi connectivity index (χ0n) is 18.1. The first-order valence-electron chi connectivity index (χ1n) is 10.8. The number of rotatable bonds is 9. The molecule has 166 valence electrons. The number of aliphatic imine (C=N–C) groups is 1. The number of allylic oxidation sites excluding steroid dienone is 1. The molecule has 5 N–H and O–H groups in total. The third-order valence-electron chi connectivity index (χ3n) is 5.38. The SMILES string of the molecule is C=C(/C=C\NC(C)=NCC1CCNCC1)NCCNC(=O)c1ccc2c(c1)CC(=O)N2. The standard InChI is InChI=1S/C23H32N6O2/c1-16(5-10-26-17(2)28-15-18-6-8-24-9-7-18)25-11-12-27-23(31)19-3-4-21-20(13-19)14-22(30)29-21/h3-5,10,13,18,24-25H,1,6-9,11-12,14-15H2,2H3,(H,26,28)(H,27,31)(H,29,30)/b10-5-. The number of amidine groups is 1. The molecule has 0 bridgehead atoms. The molecule has 1 saturated heterocycles. The fraction of sp³-hybridized carbons (Fsp3) is 0.435. The number of piperidine rings is 1. The number of nitrogens with one attached hydrogen (secondary N) is 5. The second kappa shape index (κ2) is 11.3. The Balaban J connectivity index is 1.30. The van der Waals surface area contributed by atoms with Crippen LogP contribution >= 0.6 is 0 Å². The summed E-state index contributed by atoms with van der Waals surface area (Å²) in [7, 11) is 0. The summed E-state index contributed by atoms with van der Waals surface area (Å²) in [5.41, 5.74) is 2.94. The van der Waals surface area contributed by atoms with Crippen LogP contribution in [0.4, 0.5) is 5.69 Å². The lowest BCUT2D eigenvalue weighted by atomic mass is 9.98. The minimum atomic E-state index is -0.160. The van der Waals surface area contributed by atoms with Gasteiger partial charge in [0.2, 0.25) is 5.91 Å². The molecule has 0 spiro atoms. The van der Waals surface area contributed by atoms with E-state index in [-0.39, 0.29) is 11.8 Å². The van der Waals surface area contributed by atoms with E-state index in [0.29, 0.717) is 31.0 Å². The van der Waals surface area contributed by atoms with E-state index in [0.717, 1.165) is 42.4 Å². The van der Waals surface area contributed by atoms with E-state index in [9.17, 15) is 9.59 Å². The molecule has 2 aliphatic heterocycles. The van der Waals surface area contributed by atoms with Gasteiger partial charge in [-0.15, -0.1) is 0 Å². The summed E-state index contributed by atoms with van der Waals surface area (Å²) in [5, 5.41) is 15.3. The topological polar surface area (TPSA) is 107 Å². The van der Waals surface area contributed by atoms with Crippen molar-refractivity contribution in [3.8, 4) is 0 Å². The van der Waals surface area contributed by atoms with E-state index in [1.165, 1.54) is 12.8 Å². The maximum atomic E-state index is 12.3. The van der Waals surface area contributed by atoms with Crippen molar-refractivity contribution < 1.29 is 9.59 Å². The van der Waals surface area contributed by atoms with Gasteiger partial charge in [0.1, 0.15) is 0 Å². The van der Waals surface area contributed by atoms with Gasteiger partial charge in [-0.25, -0.2) is 0 Å². The highest BCUT2D eigenvalue weighted by Gasteiger charge is 2.19. The first-order chi connectivity index (χ1) is 15.0. The Kier molecular flexibility index (Phi) is 8.23. The van der Waals surface area contributed by atoms with Crippen LogP contribution in [0.2, 0.25) is 0 Å². The van der Waals surface area contributed by atoms with Gasteiger partial charge in [-0.1, -0.05) is 6.58 Å². The van der Waals surface area contributed by atoms with Crippen molar-refractivity contribution in [2.75, 3.05) is 38.0 Å². The molecule has 0 radical (unpaired) electrons. The number of nitrogens with zero attached hydrogens (tertiary/aromatic N) is 1. The number of carbonyl (C=O) groups is 2. The molecule has 0 unspecified atom stereocenters. The van der Waals surface area contributed by atoms with Crippen molar-refractivity contribution >= 4 is 23.3 Å². The van der Waals surface area contributed by atoms with Crippen LogP contribution in [0.15, 0.2) is 47.7 Å². The minimum Gasteiger partial charge on any atom is -0.384 e. The summed E-state index contributed by atoms with van der Waals surface area (Å²) in [6.45, 7) is 9.98. The Morgan fingerprint density at radius 3 is 2.84 bits per heavy atom. The summed E-state index contributed by atoms with van der Waals surface area (Å²) in [5.74, 6) is 1.36. The van der Waals surface area contributed by atoms with E-state index in [1.54, 1.807) is 18.2 Å². The molecule has 0 aromatic heterocycles. The monoisotopic (exact) mass is 424 g/mol. The quantitative estimate of drug-likeness (QED) is 0.179. The molecule has 2 heterocycles. The summed E-state index contributed by atoms with van der Waals surface area (Å²) in [6.07, 6.45) is 6.35. The van der Waals surface area contributed by atoms with E-state index < -0.39 is 0 Å². The Morgan fingerprint density at radius 1 is 1.26 bits per heavy atom. The van der Waals surface area contributed by atoms with Crippen molar-refractivity contribution in [3.63, 3.8) is 0 Å². The fourth-order valence-electron chi connectivity index (χ4n) is 3.57. The third-order valence-corrected chi connectivity index (χ3v) is 5.38. The van der Waals surface area contributed by atoms with Gasteiger partial charge in [-0.3, -0.25) is 14.6 Å². The Morgan fingerprint density at radius 2 is 2.03 bits per heavy atom. The van der Waals surface area contributed by atoms with Crippen LogP contribution < -0.4 is 26.6 Å². The van der Waals surface area contributed by atoms with E-state index >= 15 is 0 Å². The first-order valence-corrected chi connectivity index (χ1v) is 10.8. The van der Waals surface area contributed by atoms with Gasteiger partial charge in [0.15, 0.2) is 0 Å². The molecule has 3 rings (SSSR count). The zero-order chi connectivity index (χ0) is 22.1. The molecule has 0 aliphatic carbocycles. The Labute approximate surface area is 183 Å². The summed E-state index contributed by atoms with van der Waals surface area (Å²) < 4.78 is 0.